The number of amides is 1. The molecule has 2 aliphatic heterocycles. The molecule has 1 amide bonds. The van der Waals surface area contributed by atoms with Gasteiger partial charge in [-0.05, 0) is 24.2 Å². The summed E-state index contributed by atoms with van der Waals surface area (Å²) in [6.45, 7) is 7.02. The molecule has 0 aromatic heterocycles. The SMILES string of the molecule is CCN1CCN(C(=O)/C=C/C=C/c2ccc3c(c2)OCO3)CC1. The Morgan fingerprint density at radius 2 is 1.91 bits per heavy atom. The number of rotatable bonds is 4. The number of allylic oxidation sites excluding steroid dienone is 2. The van der Waals surface area contributed by atoms with Crippen LogP contribution in [0.25, 0.3) is 6.08 Å². The van der Waals surface area contributed by atoms with Crippen molar-refractivity contribution in [2.75, 3.05) is 39.5 Å². The molecular weight excluding hydrogens is 292 g/mol. The van der Waals surface area contributed by atoms with Crippen LogP contribution in [0.3, 0.4) is 0 Å². The van der Waals surface area contributed by atoms with Crippen molar-refractivity contribution >= 4 is 12.0 Å². The maximum absolute atomic E-state index is 12.1. The molecule has 2 heterocycles. The normalized spacial score (nSPS) is 18.2. The Morgan fingerprint density at radius 3 is 2.70 bits per heavy atom. The molecular formula is C18H22N2O3. The van der Waals surface area contributed by atoms with Gasteiger partial charge in [0.1, 0.15) is 0 Å². The second-order valence-corrected chi connectivity index (χ2v) is 5.59. The minimum Gasteiger partial charge on any atom is -0.454 e. The Morgan fingerprint density at radius 1 is 1.13 bits per heavy atom. The molecule has 3 rings (SSSR count). The van der Waals surface area contributed by atoms with Crippen LogP contribution in [0.15, 0.2) is 36.4 Å². The summed E-state index contributed by atoms with van der Waals surface area (Å²) in [5.41, 5.74) is 1.02. The van der Waals surface area contributed by atoms with Gasteiger partial charge in [0.2, 0.25) is 12.7 Å². The maximum atomic E-state index is 12.1. The highest BCUT2D eigenvalue weighted by atomic mass is 16.7. The number of benzene rings is 1. The first-order chi connectivity index (χ1) is 11.3. The fraction of sp³-hybridized carbons (Fsp3) is 0.389. The minimum absolute atomic E-state index is 0.0797. The summed E-state index contributed by atoms with van der Waals surface area (Å²) in [5, 5.41) is 0. The summed E-state index contributed by atoms with van der Waals surface area (Å²) in [6.07, 6.45) is 7.24. The van der Waals surface area contributed by atoms with Gasteiger partial charge in [-0.1, -0.05) is 31.2 Å². The van der Waals surface area contributed by atoms with Crippen molar-refractivity contribution < 1.29 is 14.3 Å². The van der Waals surface area contributed by atoms with E-state index in [1.807, 2.05) is 35.3 Å². The summed E-state index contributed by atoms with van der Waals surface area (Å²) in [7, 11) is 0. The van der Waals surface area contributed by atoms with Gasteiger partial charge in [-0.15, -0.1) is 0 Å². The predicted octanol–water partition coefficient (Wildman–Crippen LogP) is 2.15. The summed E-state index contributed by atoms with van der Waals surface area (Å²) >= 11 is 0. The lowest BCUT2D eigenvalue weighted by atomic mass is 10.2. The van der Waals surface area contributed by atoms with E-state index in [1.54, 1.807) is 12.2 Å². The number of nitrogens with zero attached hydrogens (tertiary/aromatic N) is 2. The summed E-state index contributed by atoms with van der Waals surface area (Å²) in [5.74, 6) is 1.62. The van der Waals surface area contributed by atoms with Crippen molar-refractivity contribution in [1.29, 1.82) is 0 Å². The summed E-state index contributed by atoms with van der Waals surface area (Å²) < 4.78 is 10.6. The van der Waals surface area contributed by atoms with Gasteiger partial charge < -0.3 is 19.3 Å². The van der Waals surface area contributed by atoms with Gasteiger partial charge in [-0.25, -0.2) is 0 Å². The molecule has 5 heteroatoms. The van der Waals surface area contributed by atoms with Crippen molar-refractivity contribution in [3.05, 3.63) is 42.0 Å². The lowest BCUT2D eigenvalue weighted by molar-refractivity contribution is -0.127. The molecule has 0 unspecified atom stereocenters. The van der Waals surface area contributed by atoms with Crippen LogP contribution >= 0.6 is 0 Å². The molecule has 0 aliphatic carbocycles. The first-order valence-electron chi connectivity index (χ1n) is 8.02. The van der Waals surface area contributed by atoms with E-state index in [1.165, 1.54) is 0 Å². The highest BCUT2D eigenvalue weighted by Gasteiger charge is 2.17. The third kappa shape index (κ3) is 3.93. The third-order valence-electron chi connectivity index (χ3n) is 4.17. The fourth-order valence-corrected chi connectivity index (χ4v) is 2.71. The smallest absolute Gasteiger partial charge is 0.246 e. The first-order valence-corrected chi connectivity index (χ1v) is 8.02. The lowest BCUT2D eigenvalue weighted by Gasteiger charge is -2.33. The second-order valence-electron chi connectivity index (χ2n) is 5.59. The zero-order valence-corrected chi connectivity index (χ0v) is 13.4. The Bertz CT molecular complexity index is 617. The minimum atomic E-state index is 0.0797. The van der Waals surface area contributed by atoms with Crippen molar-refractivity contribution in [3.8, 4) is 11.5 Å². The van der Waals surface area contributed by atoms with Crippen molar-refractivity contribution in [1.82, 2.24) is 9.80 Å². The highest BCUT2D eigenvalue weighted by molar-refractivity contribution is 5.88. The number of hydrogen-bond donors (Lipinski definition) is 0. The monoisotopic (exact) mass is 314 g/mol. The van der Waals surface area contributed by atoms with E-state index in [0.29, 0.717) is 0 Å². The number of carbonyl (C=O) groups excluding carboxylic acids is 1. The number of carbonyl (C=O) groups is 1. The van der Waals surface area contributed by atoms with E-state index in [0.717, 1.165) is 49.8 Å². The number of likely N-dealkylation sites (N-methyl/N-ethyl adjacent to an activating group) is 1. The van der Waals surface area contributed by atoms with Gasteiger partial charge >= 0.3 is 0 Å². The molecule has 1 fully saturated rings. The largest absolute Gasteiger partial charge is 0.454 e. The van der Waals surface area contributed by atoms with Gasteiger partial charge in [-0.2, -0.15) is 0 Å². The fourth-order valence-electron chi connectivity index (χ4n) is 2.71. The van der Waals surface area contributed by atoms with Gasteiger partial charge in [-0.3, -0.25) is 4.79 Å². The maximum Gasteiger partial charge on any atom is 0.246 e. The molecule has 2 aliphatic rings. The van der Waals surface area contributed by atoms with Crippen LogP contribution < -0.4 is 9.47 Å². The number of fused-ring (bicyclic) bond motifs is 1. The molecule has 1 saturated heterocycles. The van der Waals surface area contributed by atoms with Gasteiger partial charge in [0.25, 0.3) is 0 Å². The molecule has 23 heavy (non-hydrogen) atoms. The number of piperazine rings is 1. The summed E-state index contributed by atoms with van der Waals surface area (Å²) in [4.78, 5) is 16.4. The van der Waals surface area contributed by atoms with Gasteiger partial charge in [0.05, 0.1) is 0 Å². The molecule has 0 atom stereocenters. The molecule has 1 aromatic rings. The predicted molar refractivity (Wildman–Crippen MR) is 89.4 cm³/mol. The molecule has 5 nitrogen and oxygen atoms in total. The van der Waals surface area contributed by atoms with Crippen LogP contribution in [0.2, 0.25) is 0 Å². The Hall–Kier alpha value is -2.27. The molecule has 0 bridgehead atoms. The Balaban J connectivity index is 1.51. The van der Waals surface area contributed by atoms with E-state index in [9.17, 15) is 4.79 Å². The zero-order valence-electron chi connectivity index (χ0n) is 13.4. The van der Waals surface area contributed by atoms with E-state index in [-0.39, 0.29) is 12.7 Å². The van der Waals surface area contributed by atoms with Gasteiger partial charge in [0.15, 0.2) is 11.5 Å². The van der Waals surface area contributed by atoms with E-state index < -0.39 is 0 Å². The molecule has 0 spiro atoms. The standard InChI is InChI=1S/C18H22N2O3/c1-2-19-9-11-20(12-10-19)18(21)6-4-3-5-15-7-8-16-17(13-15)23-14-22-16/h3-8,13H,2,9-12,14H2,1H3/b5-3+,6-4+. The molecule has 1 aromatic carbocycles. The van der Waals surface area contributed by atoms with E-state index in [2.05, 4.69) is 11.8 Å². The third-order valence-corrected chi connectivity index (χ3v) is 4.17. The van der Waals surface area contributed by atoms with Crippen molar-refractivity contribution in [2.24, 2.45) is 0 Å². The Labute approximate surface area is 136 Å². The quantitative estimate of drug-likeness (QED) is 0.631. The molecule has 0 radical (unpaired) electrons. The van der Waals surface area contributed by atoms with E-state index >= 15 is 0 Å². The van der Waals surface area contributed by atoms with Crippen molar-refractivity contribution in [3.63, 3.8) is 0 Å². The van der Waals surface area contributed by atoms with Gasteiger partial charge in [0, 0.05) is 32.3 Å². The van der Waals surface area contributed by atoms with Crippen molar-refractivity contribution in [2.45, 2.75) is 6.92 Å². The summed E-state index contributed by atoms with van der Waals surface area (Å²) in [6, 6.07) is 5.78. The van der Waals surface area contributed by atoms with Crippen LogP contribution in [-0.4, -0.2) is 55.2 Å². The average Bonchev–Trinajstić information content (AvgIpc) is 3.06. The molecule has 0 N–H and O–H groups in total. The number of ether oxygens (including phenoxy) is 2. The molecule has 0 saturated carbocycles. The van der Waals surface area contributed by atoms with Crippen LogP contribution in [0.4, 0.5) is 0 Å². The second kappa shape index (κ2) is 7.33. The van der Waals surface area contributed by atoms with E-state index in [4.69, 9.17) is 9.47 Å². The van der Waals surface area contributed by atoms with Crippen LogP contribution in [0, 0.1) is 0 Å². The number of hydrogen-bond acceptors (Lipinski definition) is 4. The average molecular weight is 314 g/mol. The van der Waals surface area contributed by atoms with Crippen LogP contribution in [-0.2, 0) is 4.79 Å². The highest BCUT2D eigenvalue weighted by Crippen LogP contribution is 2.32. The lowest BCUT2D eigenvalue weighted by Crippen LogP contribution is -2.48. The zero-order chi connectivity index (χ0) is 16.1. The van der Waals surface area contributed by atoms with Crippen LogP contribution in [0.1, 0.15) is 12.5 Å². The topological polar surface area (TPSA) is 42.0 Å². The Kier molecular flexibility index (Phi) is 4.98. The molecule has 122 valence electrons. The van der Waals surface area contributed by atoms with Crippen LogP contribution in [0.5, 0.6) is 11.5 Å². The first kappa shape index (κ1) is 15.6.